The summed E-state index contributed by atoms with van der Waals surface area (Å²) >= 11 is 0. The fourth-order valence-electron chi connectivity index (χ4n) is 1.47. The van der Waals surface area contributed by atoms with Gasteiger partial charge in [0.05, 0.1) is 19.1 Å². The van der Waals surface area contributed by atoms with Crippen LogP contribution in [0.1, 0.15) is 19.3 Å². The summed E-state index contributed by atoms with van der Waals surface area (Å²) in [5, 5.41) is 13.8. The van der Waals surface area contributed by atoms with E-state index < -0.39 is 12.1 Å². The molecule has 0 bridgehead atoms. The molecule has 1 rings (SSSR count). The molecule has 1 atom stereocenters. The van der Waals surface area contributed by atoms with Crippen molar-refractivity contribution in [3.63, 3.8) is 0 Å². The van der Waals surface area contributed by atoms with Crippen molar-refractivity contribution in [3.05, 3.63) is 0 Å². The maximum absolute atomic E-state index is 11.4. The van der Waals surface area contributed by atoms with E-state index in [9.17, 15) is 9.59 Å². The summed E-state index contributed by atoms with van der Waals surface area (Å²) in [6.45, 7) is 1.87. The van der Waals surface area contributed by atoms with E-state index in [0.717, 1.165) is 6.61 Å². The lowest BCUT2D eigenvalue weighted by Crippen LogP contribution is -2.41. The smallest absolute Gasteiger partial charge is 0.314 e. The summed E-state index contributed by atoms with van der Waals surface area (Å²) in [5.74, 6) is -0.241. The molecule has 0 spiro atoms. The summed E-state index contributed by atoms with van der Waals surface area (Å²) in [4.78, 5) is 21.9. The number of rotatable bonds is 10. The van der Waals surface area contributed by atoms with Gasteiger partial charge in [-0.15, -0.1) is 0 Å². The number of nitrogens with one attached hydrogen (secondary N) is 2. The van der Waals surface area contributed by atoms with E-state index >= 15 is 0 Å². The van der Waals surface area contributed by atoms with Crippen LogP contribution in [0, 0.1) is 5.92 Å². The van der Waals surface area contributed by atoms with Crippen molar-refractivity contribution < 1.29 is 24.2 Å². The van der Waals surface area contributed by atoms with Crippen LogP contribution in [0.4, 0.5) is 4.79 Å². The number of ether oxygens (including phenoxy) is 2. The Hall–Kier alpha value is -1.34. The standard InChI is InChI=1S/C12H22N2O5/c1-18-10(6-11(15)16)7-14-12(17)13-4-5-19-8-9-2-3-9/h9-10H,2-8H2,1H3,(H,15,16)(H2,13,14,17). The van der Waals surface area contributed by atoms with E-state index in [1.54, 1.807) is 0 Å². The Kier molecular flexibility index (Phi) is 7.20. The maximum atomic E-state index is 11.4. The van der Waals surface area contributed by atoms with Gasteiger partial charge in [-0.1, -0.05) is 0 Å². The molecule has 0 aliphatic heterocycles. The highest BCUT2D eigenvalue weighted by molar-refractivity contribution is 5.74. The quantitative estimate of drug-likeness (QED) is 0.495. The van der Waals surface area contributed by atoms with Crippen LogP contribution < -0.4 is 10.6 Å². The van der Waals surface area contributed by atoms with Crippen LogP contribution in [-0.4, -0.2) is 56.6 Å². The predicted octanol–water partition coefficient (Wildman–Crippen LogP) is 0.202. The third-order valence-corrected chi connectivity index (χ3v) is 2.81. The Bertz CT molecular complexity index is 294. The largest absolute Gasteiger partial charge is 0.481 e. The number of aliphatic carboxylic acids is 1. The van der Waals surface area contributed by atoms with Crippen molar-refractivity contribution in [2.75, 3.05) is 33.4 Å². The number of carbonyl (C=O) groups is 2. The van der Waals surface area contributed by atoms with Crippen molar-refractivity contribution in [3.8, 4) is 0 Å². The zero-order valence-electron chi connectivity index (χ0n) is 11.2. The first-order chi connectivity index (χ1) is 9.11. The van der Waals surface area contributed by atoms with E-state index in [1.807, 2.05) is 0 Å². The van der Waals surface area contributed by atoms with Crippen LogP contribution in [0.3, 0.4) is 0 Å². The molecule has 0 saturated heterocycles. The first-order valence-corrected chi connectivity index (χ1v) is 6.46. The Morgan fingerprint density at radius 1 is 1.37 bits per heavy atom. The van der Waals surface area contributed by atoms with E-state index in [4.69, 9.17) is 14.6 Å². The van der Waals surface area contributed by atoms with Crippen LogP contribution in [0.5, 0.6) is 0 Å². The lowest BCUT2D eigenvalue weighted by molar-refractivity contribution is -0.139. The molecular formula is C12H22N2O5. The van der Waals surface area contributed by atoms with Crippen molar-refractivity contribution in [1.82, 2.24) is 10.6 Å². The summed E-state index contributed by atoms with van der Waals surface area (Å²) in [5.41, 5.74) is 0. The number of methoxy groups -OCH3 is 1. The second-order valence-electron chi connectivity index (χ2n) is 4.61. The molecule has 0 aromatic rings. The Labute approximate surface area is 112 Å². The van der Waals surface area contributed by atoms with Gasteiger partial charge in [-0.05, 0) is 18.8 Å². The third-order valence-electron chi connectivity index (χ3n) is 2.81. The number of amides is 2. The highest BCUT2D eigenvalue weighted by Crippen LogP contribution is 2.28. The third kappa shape index (κ3) is 8.39. The molecule has 1 unspecified atom stereocenters. The Morgan fingerprint density at radius 2 is 2.11 bits per heavy atom. The highest BCUT2D eigenvalue weighted by Gasteiger charge is 2.20. The van der Waals surface area contributed by atoms with Crippen LogP contribution in [0.2, 0.25) is 0 Å². The van der Waals surface area contributed by atoms with Gasteiger partial charge in [0, 0.05) is 26.8 Å². The molecule has 0 radical (unpaired) electrons. The molecule has 2 amide bonds. The fraction of sp³-hybridized carbons (Fsp3) is 0.833. The molecule has 1 saturated carbocycles. The van der Waals surface area contributed by atoms with E-state index in [1.165, 1.54) is 20.0 Å². The number of carboxylic acids is 1. The van der Waals surface area contributed by atoms with Gasteiger partial charge in [-0.25, -0.2) is 4.79 Å². The monoisotopic (exact) mass is 274 g/mol. The fourth-order valence-corrected chi connectivity index (χ4v) is 1.47. The van der Waals surface area contributed by atoms with Gasteiger partial charge in [0.2, 0.25) is 0 Å². The number of hydrogen-bond donors (Lipinski definition) is 3. The summed E-state index contributed by atoms with van der Waals surface area (Å²) in [6.07, 6.45) is 1.84. The SMILES string of the molecule is COC(CNC(=O)NCCOCC1CC1)CC(=O)O. The molecule has 1 aliphatic rings. The van der Waals surface area contributed by atoms with Crippen LogP contribution in [0.25, 0.3) is 0 Å². The van der Waals surface area contributed by atoms with Crippen LogP contribution in [-0.2, 0) is 14.3 Å². The minimum Gasteiger partial charge on any atom is -0.481 e. The summed E-state index contributed by atoms with van der Waals surface area (Å²) in [7, 11) is 1.42. The molecule has 19 heavy (non-hydrogen) atoms. The van der Waals surface area contributed by atoms with Crippen molar-refractivity contribution in [1.29, 1.82) is 0 Å². The van der Waals surface area contributed by atoms with Crippen LogP contribution in [0.15, 0.2) is 0 Å². The molecule has 1 aliphatic carbocycles. The van der Waals surface area contributed by atoms with Gasteiger partial charge in [-0.2, -0.15) is 0 Å². The number of hydrogen-bond acceptors (Lipinski definition) is 4. The molecular weight excluding hydrogens is 252 g/mol. The average molecular weight is 274 g/mol. The first-order valence-electron chi connectivity index (χ1n) is 6.46. The second kappa shape index (κ2) is 8.71. The molecule has 3 N–H and O–H groups in total. The normalized spacial score (nSPS) is 15.8. The summed E-state index contributed by atoms with van der Waals surface area (Å²) < 4.78 is 10.3. The van der Waals surface area contributed by atoms with Crippen LogP contribution >= 0.6 is 0 Å². The average Bonchev–Trinajstić information content (AvgIpc) is 3.17. The van der Waals surface area contributed by atoms with Crippen molar-refractivity contribution in [2.24, 2.45) is 5.92 Å². The minimum absolute atomic E-state index is 0.138. The molecule has 0 aromatic heterocycles. The van der Waals surface area contributed by atoms with E-state index in [-0.39, 0.29) is 19.0 Å². The Balaban J connectivity index is 1.97. The van der Waals surface area contributed by atoms with Gasteiger partial charge in [0.25, 0.3) is 0 Å². The summed E-state index contributed by atoms with van der Waals surface area (Å²) in [6, 6.07) is -0.345. The lowest BCUT2D eigenvalue weighted by atomic mass is 10.2. The van der Waals surface area contributed by atoms with Gasteiger partial charge >= 0.3 is 12.0 Å². The highest BCUT2D eigenvalue weighted by atomic mass is 16.5. The topological polar surface area (TPSA) is 96.9 Å². The predicted molar refractivity (Wildman–Crippen MR) is 68.0 cm³/mol. The molecule has 0 heterocycles. The van der Waals surface area contributed by atoms with E-state index in [0.29, 0.717) is 19.1 Å². The second-order valence-corrected chi connectivity index (χ2v) is 4.61. The van der Waals surface area contributed by atoms with E-state index in [2.05, 4.69) is 10.6 Å². The Morgan fingerprint density at radius 3 is 2.68 bits per heavy atom. The van der Waals surface area contributed by atoms with Gasteiger partial charge in [0.15, 0.2) is 0 Å². The molecule has 110 valence electrons. The number of urea groups is 1. The van der Waals surface area contributed by atoms with Gasteiger partial charge in [-0.3, -0.25) is 4.79 Å². The van der Waals surface area contributed by atoms with Crippen molar-refractivity contribution >= 4 is 12.0 Å². The minimum atomic E-state index is -0.956. The number of carboxylic acid groups (broad SMARTS) is 1. The molecule has 7 heteroatoms. The molecule has 7 nitrogen and oxygen atoms in total. The zero-order chi connectivity index (χ0) is 14.1. The van der Waals surface area contributed by atoms with Crippen molar-refractivity contribution in [2.45, 2.75) is 25.4 Å². The first kappa shape index (κ1) is 15.7. The number of carbonyl (C=O) groups excluding carboxylic acids is 1. The zero-order valence-corrected chi connectivity index (χ0v) is 11.2. The van der Waals surface area contributed by atoms with Gasteiger partial charge in [0.1, 0.15) is 0 Å². The molecule has 0 aromatic carbocycles. The van der Waals surface area contributed by atoms with Gasteiger partial charge < -0.3 is 25.2 Å². The molecule has 1 fully saturated rings. The lowest BCUT2D eigenvalue weighted by Gasteiger charge is -2.14. The maximum Gasteiger partial charge on any atom is 0.314 e.